The van der Waals surface area contributed by atoms with E-state index in [9.17, 15) is 20.7 Å². The number of nitrogens with one attached hydrogen (secondary N) is 1. The van der Waals surface area contributed by atoms with Gasteiger partial charge in [-0.05, 0) is 25.0 Å². The molecule has 0 saturated carbocycles. The van der Waals surface area contributed by atoms with E-state index in [4.69, 9.17) is 0 Å². The lowest BCUT2D eigenvalue weighted by Gasteiger charge is -2.22. The Morgan fingerprint density at radius 1 is 1.05 bits per heavy atom. The first-order chi connectivity index (χ1) is 9.72. The van der Waals surface area contributed by atoms with Crippen LogP contribution in [0.4, 0.5) is 9.57 Å². The molecule has 0 aliphatic carbocycles. The Kier molecular flexibility index (Phi) is 6.11. The lowest BCUT2D eigenvalue weighted by Crippen LogP contribution is -2.37. The smallest absolute Gasteiger partial charge is 0.269 e. The van der Waals surface area contributed by atoms with E-state index in [1.807, 2.05) is 13.8 Å². The van der Waals surface area contributed by atoms with Gasteiger partial charge in [0.05, 0.1) is 5.69 Å². The summed E-state index contributed by atoms with van der Waals surface area (Å²) in [6.07, 6.45) is 1.23. The van der Waals surface area contributed by atoms with Gasteiger partial charge in [0.2, 0.25) is 0 Å². The van der Waals surface area contributed by atoms with Crippen molar-refractivity contribution in [2.75, 3.05) is 17.8 Å². The van der Waals surface area contributed by atoms with Crippen LogP contribution < -0.4 is 4.72 Å². The summed E-state index contributed by atoms with van der Waals surface area (Å²) in [5.41, 5.74) is -0.294. The molecule has 0 aliphatic heterocycles. The van der Waals surface area contributed by atoms with Crippen LogP contribution >= 0.6 is 0 Å². The van der Waals surface area contributed by atoms with Crippen LogP contribution in [0.1, 0.15) is 26.7 Å². The number of para-hydroxylation sites is 1. The fourth-order valence-corrected chi connectivity index (χ4v) is 3.94. The molecule has 0 radical (unpaired) electrons. The molecule has 0 amide bonds. The summed E-state index contributed by atoms with van der Waals surface area (Å²) in [5, 5.41) is 0. The molecule has 0 spiro atoms. The number of nitrogens with zero attached hydrogens (tertiary/aromatic N) is 1. The Bertz CT molecular complexity index is 668. The first-order valence-corrected chi connectivity index (χ1v) is 9.36. The molecule has 0 aromatic heterocycles. The Balaban J connectivity index is 3.15. The topological polar surface area (TPSA) is 83.6 Å². The molecule has 1 rings (SSSR count). The predicted molar refractivity (Wildman–Crippen MR) is 79.4 cm³/mol. The molecule has 0 heterocycles. The third-order valence-electron chi connectivity index (χ3n) is 2.67. The van der Waals surface area contributed by atoms with Crippen molar-refractivity contribution in [3.63, 3.8) is 0 Å². The van der Waals surface area contributed by atoms with Gasteiger partial charge in [-0.3, -0.25) is 4.72 Å². The fraction of sp³-hybridized carbons (Fsp3) is 0.500. The number of hydrogen-bond donors (Lipinski definition) is 1. The van der Waals surface area contributed by atoms with Crippen LogP contribution in [-0.4, -0.2) is 34.2 Å². The zero-order valence-corrected chi connectivity index (χ0v) is 13.5. The molecular formula is C12H19FN2O4S2. The summed E-state index contributed by atoms with van der Waals surface area (Å²) in [5.74, 6) is 0. The highest BCUT2D eigenvalue weighted by atomic mass is 32.3. The predicted octanol–water partition coefficient (Wildman–Crippen LogP) is 2.12. The summed E-state index contributed by atoms with van der Waals surface area (Å²) in [7, 11) is -8.93. The van der Waals surface area contributed by atoms with Gasteiger partial charge in [0.25, 0.3) is 0 Å². The van der Waals surface area contributed by atoms with Crippen LogP contribution in [0.25, 0.3) is 0 Å². The van der Waals surface area contributed by atoms with Crippen molar-refractivity contribution in [3.05, 3.63) is 24.3 Å². The zero-order valence-electron chi connectivity index (χ0n) is 11.9. The summed E-state index contributed by atoms with van der Waals surface area (Å²) in [4.78, 5) is -0.693. The third kappa shape index (κ3) is 4.94. The van der Waals surface area contributed by atoms with Crippen LogP contribution in [0.15, 0.2) is 29.2 Å². The molecule has 0 aliphatic rings. The van der Waals surface area contributed by atoms with E-state index >= 15 is 0 Å². The van der Waals surface area contributed by atoms with Crippen molar-refractivity contribution in [1.29, 1.82) is 0 Å². The van der Waals surface area contributed by atoms with Gasteiger partial charge in [-0.15, -0.1) is 3.89 Å². The van der Waals surface area contributed by atoms with Crippen molar-refractivity contribution >= 4 is 26.1 Å². The fourth-order valence-electron chi connectivity index (χ4n) is 1.82. The molecule has 0 atom stereocenters. The summed E-state index contributed by atoms with van der Waals surface area (Å²) < 4.78 is 63.1. The summed E-state index contributed by atoms with van der Waals surface area (Å²) in [6.45, 7) is 4.26. The Labute approximate surface area is 125 Å². The van der Waals surface area contributed by atoms with E-state index in [0.717, 1.165) is 6.07 Å². The van der Waals surface area contributed by atoms with Gasteiger partial charge in [0, 0.05) is 13.1 Å². The van der Waals surface area contributed by atoms with Gasteiger partial charge in [-0.2, -0.15) is 21.1 Å². The lowest BCUT2D eigenvalue weighted by molar-refractivity contribution is 0.413. The maximum atomic E-state index is 13.2. The molecule has 0 unspecified atom stereocenters. The Morgan fingerprint density at radius 2 is 1.57 bits per heavy atom. The summed E-state index contributed by atoms with van der Waals surface area (Å²) >= 11 is 0. The van der Waals surface area contributed by atoms with Gasteiger partial charge < -0.3 is 0 Å². The second-order valence-electron chi connectivity index (χ2n) is 4.44. The van der Waals surface area contributed by atoms with Gasteiger partial charge in [-0.25, -0.2) is 0 Å². The highest BCUT2D eigenvalue weighted by molar-refractivity contribution is 7.90. The van der Waals surface area contributed by atoms with Crippen molar-refractivity contribution in [1.82, 2.24) is 4.31 Å². The van der Waals surface area contributed by atoms with Crippen molar-refractivity contribution < 1.29 is 20.7 Å². The minimum absolute atomic E-state index is 0.294. The molecule has 120 valence electrons. The van der Waals surface area contributed by atoms with E-state index in [1.54, 1.807) is 0 Å². The van der Waals surface area contributed by atoms with Crippen LogP contribution in [0.2, 0.25) is 0 Å². The number of benzene rings is 1. The van der Waals surface area contributed by atoms with E-state index in [1.165, 1.54) is 22.5 Å². The first kappa shape index (κ1) is 17.9. The van der Waals surface area contributed by atoms with Crippen molar-refractivity contribution in [3.8, 4) is 0 Å². The van der Waals surface area contributed by atoms with Gasteiger partial charge in [0.1, 0.15) is 4.90 Å². The largest absolute Gasteiger partial charge is 0.334 e. The molecule has 0 bridgehead atoms. The average Bonchev–Trinajstić information content (AvgIpc) is 2.37. The normalized spacial score (nSPS) is 12.6. The molecule has 0 fully saturated rings. The zero-order chi connectivity index (χ0) is 16.1. The third-order valence-corrected chi connectivity index (χ3v) is 5.08. The number of hydrogen-bond acceptors (Lipinski definition) is 4. The minimum atomic E-state index is -5.00. The molecule has 9 heteroatoms. The van der Waals surface area contributed by atoms with E-state index in [0.29, 0.717) is 25.9 Å². The molecule has 0 saturated heterocycles. The monoisotopic (exact) mass is 338 g/mol. The molecular weight excluding hydrogens is 319 g/mol. The summed E-state index contributed by atoms with van der Waals surface area (Å²) in [6, 6.07) is 4.97. The Hall–Kier alpha value is -1.19. The second-order valence-corrected chi connectivity index (χ2v) is 7.43. The molecule has 21 heavy (non-hydrogen) atoms. The second kappa shape index (κ2) is 7.19. The van der Waals surface area contributed by atoms with Gasteiger partial charge >= 0.3 is 20.4 Å². The maximum absolute atomic E-state index is 13.2. The molecule has 1 aromatic rings. The van der Waals surface area contributed by atoms with Crippen LogP contribution in [0, 0.1) is 0 Å². The number of rotatable bonds is 8. The molecule has 6 nitrogen and oxygen atoms in total. The van der Waals surface area contributed by atoms with Gasteiger partial charge in [0.15, 0.2) is 0 Å². The Morgan fingerprint density at radius 3 is 2.05 bits per heavy atom. The maximum Gasteiger partial charge on any atom is 0.334 e. The SMILES string of the molecule is CCCN(CCC)S(=O)(=O)Nc1ccccc1S(=O)(=O)F. The number of halogens is 1. The standard InChI is InChI=1S/C12H19FN2O4S2/c1-3-9-15(10-4-2)21(18,19)14-11-7-5-6-8-12(11)20(13,16)17/h5-8,14H,3-4,9-10H2,1-2H3. The van der Waals surface area contributed by atoms with Crippen LogP contribution in [0.5, 0.6) is 0 Å². The van der Waals surface area contributed by atoms with Crippen molar-refractivity contribution in [2.24, 2.45) is 0 Å². The molecule has 1 aromatic carbocycles. The lowest BCUT2D eigenvalue weighted by atomic mass is 10.3. The highest BCUT2D eigenvalue weighted by Gasteiger charge is 2.24. The molecule has 1 N–H and O–H groups in total. The van der Waals surface area contributed by atoms with Crippen molar-refractivity contribution in [2.45, 2.75) is 31.6 Å². The average molecular weight is 338 g/mol. The van der Waals surface area contributed by atoms with E-state index in [2.05, 4.69) is 4.72 Å². The quantitative estimate of drug-likeness (QED) is 0.736. The van der Waals surface area contributed by atoms with Gasteiger partial charge in [-0.1, -0.05) is 26.0 Å². The first-order valence-electron chi connectivity index (χ1n) is 6.54. The number of anilines is 1. The van der Waals surface area contributed by atoms with Crippen LogP contribution in [-0.2, 0) is 20.4 Å². The van der Waals surface area contributed by atoms with E-state index < -0.39 is 25.3 Å². The van der Waals surface area contributed by atoms with Crippen LogP contribution in [0.3, 0.4) is 0 Å². The van der Waals surface area contributed by atoms with E-state index in [-0.39, 0.29) is 5.69 Å². The minimum Gasteiger partial charge on any atom is -0.269 e. The highest BCUT2D eigenvalue weighted by Crippen LogP contribution is 2.24.